The molecule has 0 aliphatic rings. The number of carbonyl (C=O) groups is 1. The Hall–Kier alpha value is -1.44. The first-order valence-corrected chi connectivity index (χ1v) is 9.58. The molecule has 3 N–H and O–H groups in total. The zero-order valence-electron chi connectivity index (χ0n) is 15.2. The van der Waals surface area contributed by atoms with E-state index in [9.17, 15) is 13.2 Å². The highest BCUT2D eigenvalue weighted by Gasteiger charge is 2.22. The molecule has 6 nitrogen and oxygen atoms in total. The average Bonchev–Trinajstić information content (AvgIpc) is 2.53. The summed E-state index contributed by atoms with van der Waals surface area (Å²) in [6.07, 6.45) is 0.706. The molecule has 1 unspecified atom stereocenters. The molecule has 24 heavy (non-hydrogen) atoms. The van der Waals surface area contributed by atoms with E-state index in [2.05, 4.69) is 4.72 Å². The van der Waals surface area contributed by atoms with Gasteiger partial charge in [0.25, 0.3) is 5.91 Å². The first kappa shape index (κ1) is 20.6. The van der Waals surface area contributed by atoms with Crippen molar-refractivity contribution in [2.45, 2.75) is 45.1 Å². The van der Waals surface area contributed by atoms with E-state index in [4.69, 9.17) is 5.73 Å². The number of nitrogens with zero attached hydrogens (tertiary/aromatic N) is 1. The molecular weight excluding hydrogens is 326 g/mol. The van der Waals surface area contributed by atoms with E-state index in [0.717, 1.165) is 0 Å². The van der Waals surface area contributed by atoms with Gasteiger partial charge in [-0.2, -0.15) is 0 Å². The normalized spacial score (nSPS) is 13.6. The second-order valence-corrected chi connectivity index (χ2v) is 8.70. The smallest absolute Gasteiger partial charge is 0.253 e. The van der Waals surface area contributed by atoms with Gasteiger partial charge in [0.05, 0.1) is 4.90 Å². The minimum atomic E-state index is -3.56. The summed E-state index contributed by atoms with van der Waals surface area (Å²) in [5.41, 5.74) is 5.98. The zero-order chi connectivity index (χ0) is 18.5. The Morgan fingerprint density at radius 3 is 2.29 bits per heavy atom. The molecule has 7 heteroatoms. The zero-order valence-corrected chi connectivity index (χ0v) is 16.0. The van der Waals surface area contributed by atoms with Crippen LogP contribution in [-0.2, 0) is 10.0 Å². The van der Waals surface area contributed by atoms with Crippen molar-refractivity contribution in [3.05, 3.63) is 29.8 Å². The van der Waals surface area contributed by atoms with Crippen LogP contribution in [0.25, 0.3) is 0 Å². The maximum Gasteiger partial charge on any atom is 0.253 e. The summed E-state index contributed by atoms with van der Waals surface area (Å²) in [6.45, 7) is 8.71. The molecule has 0 heterocycles. The van der Waals surface area contributed by atoms with Crippen molar-refractivity contribution in [3.8, 4) is 0 Å². The lowest BCUT2D eigenvalue weighted by molar-refractivity contribution is 0.0740. The van der Waals surface area contributed by atoms with Crippen molar-refractivity contribution < 1.29 is 13.2 Å². The van der Waals surface area contributed by atoms with E-state index in [1.807, 2.05) is 27.7 Å². The number of hydrogen-bond donors (Lipinski definition) is 2. The SMILES string of the molecule is CCC(C)NS(=O)(=O)c1ccc(C(=O)N(C)CC(C)(C)CN)cc1. The van der Waals surface area contributed by atoms with Gasteiger partial charge >= 0.3 is 0 Å². The number of sulfonamides is 1. The van der Waals surface area contributed by atoms with E-state index < -0.39 is 10.0 Å². The average molecular weight is 356 g/mol. The minimum absolute atomic E-state index is 0.138. The lowest BCUT2D eigenvalue weighted by Gasteiger charge is -2.29. The van der Waals surface area contributed by atoms with E-state index in [0.29, 0.717) is 25.1 Å². The number of hydrogen-bond acceptors (Lipinski definition) is 4. The second kappa shape index (κ2) is 8.09. The van der Waals surface area contributed by atoms with Crippen LogP contribution in [0.1, 0.15) is 44.5 Å². The van der Waals surface area contributed by atoms with Crippen molar-refractivity contribution in [1.29, 1.82) is 0 Å². The summed E-state index contributed by atoms with van der Waals surface area (Å²) in [6, 6.07) is 5.86. The largest absolute Gasteiger partial charge is 0.341 e. The Morgan fingerprint density at radius 2 is 1.83 bits per heavy atom. The van der Waals surface area contributed by atoms with Crippen molar-refractivity contribution in [2.24, 2.45) is 11.1 Å². The van der Waals surface area contributed by atoms with Crippen molar-refractivity contribution in [3.63, 3.8) is 0 Å². The number of nitrogens with two attached hydrogens (primary N) is 1. The van der Waals surface area contributed by atoms with Gasteiger partial charge in [0.2, 0.25) is 10.0 Å². The Balaban J connectivity index is 2.89. The van der Waals surface area contributed by atoms with E-state index in [1.165, 1.54) is 12.1 Å². The molecule has 0 fully saturated rings. The van der Waals surface area contributed by atoms with E-state index in [1.54, 1.807) is 24.1 Å². The van der Waals surface area contributed by atoms with Crippen LogP contribution in [-0.4, -0.2) is 45.4 Å². The van der Waals surface area contributed by atoms with Crippen LogP contribution < -0.4 is 10.5 Å². The molecule has 1 aromatic carbocycles. The van der Waals surface area contributed by atoms with Crippen LogP contribution in [0.5, 0.6) is 0 Å². The van der Waals surface area contributed by atoms with Gasteiger partial charge in [0, 0.05) is 25.2 Å². The van der Waals surface area contributed by atoms with Crippen LogP contribution in [0, 0.1) is 5.41 Å². The third-order valence-corrected chi connectivity index (χ3v) is 5.55. The summed E-state index contributed by atoms with van der Waals surface area (Å²) in [5.74, 6) is -0.157. The van der Waals surface area contributed by atoms with Gasteiger partial charge in [0.15, 0.2) is 0 Å². The predicted molar refractivity (Wildman–Crippen MR) is 96.3 cm³/mol. The summed E-state index contributed by atoms with van der Waals surface area (Å²) < 4.78 is 27.0. The standard InChI is InChI=1S/C17H29N3O3S/c1-6-13(2)19-24(22,23)15-9-7-14(8-10-15)16(21)20(5)12-17(3,4)11-18/h7-10,13,19H,6,11-12,18H2,1-5H3. The first-order valence-electron chi connectivity index (χ1n) is 8.10. The Morgan fingerprint density at radius 1 is 1.29 bits per heavy atom. The fraction of sp³-hybridized carbons (Fsp3) is 0.588. The van der Waals surface area contributed by atoms with Crippen LogP contribution in [0.3, 0.4) is 0 Å². The third kappa shape index (κ3) is 5.58. The van der Waals surface area contributed by atoms with Crippen LogP contribution in [0.4, 0.5) is 0 Å². The van der Waals surface area contributed by atoms with Gasteiger partial charge in [-0.05, 0) is 49.6 Å². The Kier molecular flexibility index (Phi) is 6.95. The number of amides is 1. The number of carbonyl (C=O) groups excluding carboxylic acids is 1. The van der Waals surface area contributed by atoms with Gasteiger partial charge in [-0.1, -0.05) is 20.8 Å². The van der Waals surface area contributed by atoms with Gasteiger partial charge in [-0.3, -0.25) is 4.79 Å². The van der Waals surface area contributed by atoms with Crippen LogP contribution in [0.2, 0.25) is 0 Å². The number of nitrogens with one attached hydrogen (secondary N) is 1. The third-order valence-electron chi connectivity index (χ3n) is 3.94. The van der Waals surface area contributed by atoms with Crippen LogP contribution in [0.15, 0.2) is 29.2 Å². The molecule has 0 bridgehead atoms. The maximum atomic E-state index is 12.4. The van der Waals surface area contributed by atoms with E-state index in [-0.39, 0.29) is 22.3 Å². The molecule has 0 radical (unpaired) electrons. The fourth-order valence-electron chi connectivity index (χ4n) is 2.19. The van der Waals surface area contributed by atoms with Crippen molar-refractivity contribution >= 4 is 15.9 Å². The highest BCUT2D eigenvalue weighted by atomic mass is 32.2. The second-order valence-electron chi connectivity index (χ2n) is 6.98. The molecule has 1 rings (SSSR count). The summed E-state index contributed by atoms with van der Waals surface area (Å²) in [7, 11) is -1.84. The molecule has 1 aromatic rings. The first-order chi connectivity index (χ1) is 11.0. The molecule has 0 aliphatic carbocycles. The van der Waals surface area contributed by atoms with Crippen LogP contribution >= 0.6 is 0 Å². The molecule has 136 valence electrons. The lowest BCUT2D eigenvalue weighted by atomic mass is 9.93. The molecule has 1 amide bonds. The highest BCUT2D eigenvalue weighted by molar-refractivity contribution is 7.89. The summed E-state index contributed by atoms with van der Waals surface area (Å²) in [5, 5.41) is 0. The Labute approximate surface area is 145 Å². The predicted octanol–water partition coefficient (Wildman–Crippen LogP) is 1.82. The number of benzene rings is 1. The van der Waals surface area contributed by atoms with Gasteiger partial charge in [-0.15, -0.1) is 0 Å². The summed E-state index contributed by atoms with van der Waals surface area (Å²) >= 11 is 0. The van der Waals surface area contributed by atoms with Crippen molar-refractivity contribution in [2.75, 3.05) is 20.1 Å². The molecule has 0 aliphatic heterocycles. The minimum Gasteiger partial charge on any atom is -0.341 e. The van der Waals surface area contributed by atoms with E-state index >= 15 is 0 Å². The number of rotatable bonds is 8. The molecule has 0 saturated carbocycles. The quantitative estimate of drug-likeness (QED) is 0.744. The van der Waals surface area contributed by atoms with Crippen molar-refractivity contribution in [1.82, 2.24) is 9.62 Å². The lowest BCUT2D eigenvalue weighted by Crippen LogP contribution is -2.39. The monoisotopic (exact) mass is 355 g/mol. The summed E-state index contributed by atoms with van der Waals surface area (Å²) in [4.78, 5) is 14.2. The molecule has 0 saturated heterocycles. The molecule has 0 spiro atoms. The Bertz CT molecular complexity index is 654. The maximum absolute atomic E-state index is 12.4. The molecule has 1 atom stereocenters. The fourth-order valence-corrected chi connectivity index (χ4v) is 3.52. The molecule has 0 aromatic heterocycles. The molecular formula is C17H29N3O3S. The van der Waals surface area contributed by atoms with Gasteiger partial charge in [-0.25, -0.2) is 13.1 Å². The van der Waals surface area contributed by atoms with Gasteiger partial charge in [0.1, 0.15) is 0 Å². The van der Waals surface area contributed by atoms with Gasteiger partial charge < -0.3 is 10.6 Å². The highest BCUT2D eigenvalue weighted by Crippen LogP contribution is 2.17. The topological polar surface area (TPSA) is 92.5 Å².